The number of halogens is 1. The first-order chi connectivity index (χ1) is 8.74. The van der Waals surface area contributed by atoms with Crippen molar-refractivity contribution in [1.82, 2.24) is 0 Å². The average Bonchev–Trinajstić information content (AvgIpc) is 3.01. The second-order valence-electron chi connectivity index (χ2n) is 5.66. The number of esters is 1. The van der Waals surface area contributed by atoms with Gasteiger partial charge < -0.3 is 4.74 Å². The zero-order chi connectivity index (χ0) is 14.3. The van der Waals surface area contributed by atoms with Gasteiger partial charge in [0.15, 0.2) is 0 Å². The van der Waals surface area contributed by atoms with Crippen LogP contribution in [0.25, 0.3) is 0 Å². The molecule has 0 spiro atoms. The van der Waals surface area contributed by atoms with Gasteiger partial charge in [0.05, 0.1) is 10.8 Å². The summed E-state index contributed by atoms with van der Waals surface area (Å²) < 4.78 is 31.7. The number of alkyl halides is 1. The summed E-state index contributed by atoms with van der Waals surface area (Å²) in [5, 5.41) is -1.98. The molecule has 19 heavy (non-hydrogen) atoms. The normalized spacial score (nSPS) is 27.7. The lowest BCUT2D eigenvalue weighted by molar-refractivity contribution is -0.157. The predicted octanol–water partition coefficient (Wildman–Crippen LogP) is 2.82. The standard InChI is InChI=1S/C14H17FO3S/c1-13(2,3)18-12(16)11-9-14(11,15)19(17)10-7-5-4-6-8-10/h4-8,11H,9H2,1-3H3. The van der Waals surface area contributed by atoms with Gasteiger partial charge >= 0.3 is 5.97 Å². The topological polar surface area (TPSA) is 43.4 Å². The molecule has 2 rings (SSSR count). The van der Waals surface area contributed by atoms with Crippen molar-refractivity contribution in [3.63, 3.8) is 0 Å². The molecule has 5 heteroatoms. The first-order valence-electron chi connectivity index (χ1n) is 6.13. The van der Waals surface area contributed by atoms with Crippen molar-refractivity contribution in [1.29, 1.82) is 0 Å². The van der Waals surface area contributed by atoms with Crippen molar-refractivity contribution in [3.8, 4) is 0 Å². The van der Waals surface area contributed by atoms with Gasteiger partial charge in [0, 0.05) is 11.3 Å². The monoisotopic (exact) mass is 284 g/mol. The van der Waals surface area contributed by atoms with Crippen LogP contribution in [0.3, 0.4) is 0 Å². The lowest BCUT2D eigenvalue weighted by atomic mass is 10.2. The number of benzene rings is 1. The molecule has 3 nitrogen and oxygen atoms in total. The van der Waals surface area contributed by atoms with E-state index in [4.69, 9.17) is 4.74 Å². The van der Waals surface area contributed by atoms with Crippen LogP contribution in [0.1, 0.15) is 27.2 Å². The summed E-state index contributed by atoms with van der Waals surface area (Å²) in [4.78, 5) is 12.2. The number of ether oxygens (including phenoxy) is 1. The number of carbonyl (C=O) groups is 1. The third kappa shape index (κ3) is 3.03. The van der Waals surface area contributed by atoms with E-state index in [1.54, 1.807) is 51.1 Å². The molecule has 0 saturated heterocycles. The van der Waals surface area contributed by atoms with E-state index in [1.807, 2.05) is 0 Å². The maximum Gasteiger partial charge on any atom is 0.313 e. The predicted molar refractivity (Wildman–Crippen MR) is 70.6 cm³/mol. The van der Waals surface area contributed by atoms with Crippen molar-refractivity contribution >= 4 is 16.8 Å². The Bertz CT molecular complexity index is 509. The molecule has 0 radical (unpaired) electrons. The van der Waals surface area contributed by atoms with Crippen molar-refractivity contribution in [2.45, 2.75) is 42.7 Å². The van der Waals surface area contributed by atoms with Gasteiger partial charge in [-0.1, -0.05) is 18.2 Å². The summed E-state index contributed by atoms with van der Waals surface area (Å²) in [7, 11) is -1.84. The summed E-state index contributed by atoms with van der Waals surface area (Å²) in [5.41, 5.74) is -0.658. The molecule has 1 aromatic carbocycles. The van der Waals surface area contributed by atoms with Gasteiger partial charge in [-0.15, -0.1) is 0 Å². The summed E-state index contributed by atoms with van der Waals surface area (Å²) >= 11 is 0. The van der Waals surface area contributed by atoms with Crippen LogP contribution in [0.5, 0.6) is 0 Å². The minimum absolute atomic E-state index is 0.0383. The number of carbonyl (C=O) groups excluding carboxylic acids is 1. The van der Waals surface area contributed by atoms with E-state index in [9.17, 15) is 13.4 Å². The zero-order valence-corrected chi connectivity index (χ0v) is 12.0. The first-order valence-corrected chi connectivity index (χ1v) is 7.28. The Morgan fingerprint density at radius 3 is 2.47 bits per heavy atom. The van der Waals surface area contributed by atoms with Crippen LogP contribution < -0.4 is 0 Å². The Labute approximate surface area is 114 Å². The van der Waals surface area contributed by atoms with Crippen LogP contribution >= 0.6 is 0 Å². The fraction of sp³-hybridized carbons (Fsp3) is 0.500. The van der Waals surface area contributed by atoms with E-state index in [1.165, 1.54) is 0 Å². The maximum atomic E-state index is 14.5. The van der Waals surface area contributed by atoms with E-state index < -0.39 is 33.3 Å². The highest BCUT2D eigenvalue weighted by Gasteiger charge is 2.66. The van der Waals surface area contributed by atoms with Crippen LogP contribution in [0, 0.1) is 5.92 Å². The van der Waals surface area contributed by atoms with Gasteiger partial charge in [0.2, 0.25) is 5.00 Å². The van der Waals surface area contributed by atoms with Crippen LogP contribution in [-0.4, -0.2) is 20.8 Å². The average molecular weight is 284 g/mol. The molecule has 0 aliphatic heterocycles. The number of hydrogen-bond donors (Lipinski definition) is 0. The van der Waals surface area contributed by atoms with Crippen LogP contribution in [0.15, 0.2) is 35.2 Å². The Hall–Kier alpha value is -1.23. The van der Waals surface area contributed by atoms with Crippen molar-refractivity contribution < 1.29 is 18.1 Å². The summed E-state index contributed by atoms with van der Waals surface area (Å²) in [6, 6.07) is 8.36. The second kappa shape index (κ2) is 4.71. The molecule has 1 aliphatic carbocycles. The molecule has 0 amide bonds. The summed E-state index contributed by atoms with van der Waals surface area (Å²) in [6.07, 6.45) is -0.0383. The fourth-order valence-corrected chi connectivity index (χ4v) is 3.27. The van der Waals surface area contributed by atoms with Crippen LogP contribution in [-0.2, 0) is 20.3 Å². The third-order valence-corrected chi connectivity index (χ3v) is 4.57. The Balaban J connectivity index is 2.08. The fourth-order valence-electron chi connectivity index (χ4n) is 1.80. The largest absolute Gasteiger partial charge is 0.460 e. The lowest BCUT2D eigenvalue weighted by Crippen LogP contribution is -2.28. The Kier molecular flexibility index (Phi) is 3.51. The highest BCUT2D eigenvalue weighted by atomic mass is 32.2. The number of hydrogen-bond acceptors (Lipinski definition) is 3. The summed E-state index contributed by atoms with van der Waals surface area (Å²) in [6.45, 7) is 5.17. The van der Waals surface area contributed by atoms with Gasteiger partial charge in [0.1, 0.15) is 11.5 Å². The Morgan fingerprint density at radius 1 is 1.37 bits per heavy atom. The van der Waals surface area contributed by atoms with Gasteiger partial charge in [-0.05, 0) is 32.9 Å². The van der Waals surface area contributed by atoms with E-state index in [2.05, 4.69) is 0 Å². The molecule has 0 heterocycles. The van der Waals surface area contributed by atoms with Crippen molar-refractivity contribution in [2.24, 2.45) is 5.92 Å². The minimum atomic E-state index is -1.98. The quantitative estimate of drug-likeness (QED) is 0.802. The molecule has 1 fully saturated rings. The molecular formula is C14H17FO3S. The smallest absolute Gasteiger partial charge is 0.313 e. The molecule has 0 N–H and O–H groups in total. The Morgan fingerprint density at radius 2 is 1.95 bits per heavy atom. The van der Waals surface area contributed by atoms with E-state index >= 15 is 0 Å². The SMILES string of the molecule is CC(C)(C)OC(=O)C1CC1(F)S(=O)c1ccccc1. The van der Waals surface area contributed by atoms with Crippen molar-refractivity contribution in [3.05, 3.63) is 30.3 Å². The maximum absolute atomic E-state index is 14.5. The van der Waals surface area contributed by atoms with E-state index in [-0.39, 0.29) is 6.42 Å². The zero-order valence-electron chi connectivity index (χ0n) is 11.2. The molecule has 1 aliphatic rings. The molecule has 104 valence electrons. The van der Waals surface area contributed by atoms with Crippen LogP contribution in [0.4, 0.5) is 4.39 Å². The molecule has 1 aromatic rings. The number of rotatable bonds is 3. The lowest BCUT2D eigenvalue weighted by Gasteiger charge is -2.19. The molecule has 3 unspecified atom stereocenters. The van der Waals surface area contributed by atoms with Gasteiger partial charge in [-0.3, -0.25) is 9.00 Å². The summed E-state index contributed by atoms with van der Waals surface area (Å²) in [5.74, 6) is -1.54. The molecule has 1 saturated carbocycles. The third-order valence-electron chi connectivity index (χ3n) is 2.80. The van der Waals surface area contributed by atoms with E-state index in [0.29, 0.717) is 4.90 Å². The molecule has 3 atom stereocenters. The van der Waals surface area contributed by atoms with Crippen molar-refractivity contribution in [2.75, 3.05) is 0 Å². The molecule has 0 bridgehead atoms. The molecular weight excluding hydrogens is 267 g/mol. The first kappa shape index (κ1) is 14.2. The second-order valence-corrected chi connectivity index (χ2v) is 7.35. The minimum Gasteiger partial charge on any atom is -0.460 e. The highest BCUT2D eigenvalue weighted by Crippen LogP contribution is 2.52. The van der Waals surface area contributed by atoms with Gasteiger partial charge in [-0.25, -0.2) is 4.39 Å². The van der Waals surface area contributed by atoms with Gasteiger partial charge in [0.25, 0.3) is 0 Å². The van der Waals surface area contributed by atoms with Gasteiger partial charge in [-0.2, -0.15) is 0 Å². The highest BCUT2D eigenvalue weighted by molar-refractivity contribution is 7.86. The molecule has 0 aromatic heterocycles. The van der Waals surface area contributed by atoms with Crippen LogP contribution in [0.2, 0.25) is 0 Å². The van der Waals surface area contributed by atoms with E-state index in [0.717, 1.165) is 0 Å².